The minimum atomic E-state index is -0.113. The number of aryl methyl sites for hydroxylation is 1. The Balaban J connectivity index is 2.57. The molecule has 0 aliphatic heterocycles. The molecule has 1 amide bonds. The molecule has 1 heterocycles. The first-order valence-corrected chi connectivity index (χ1v) is 5.73. The topological polar surface area (TPSA) is 46.3 Å². The van der Waals surface area contributed by atoms with Gasteiger partial charge in [0.15, 0.2) is 6.39 Å². The molecule has 0 N–H and O–H groups in total. The second kappa shape index (κ2) is 5.30. The zero-order valence-electron chi connectivity index (χ0n) is 9.16. The molecule has 1 atom stereocenters. The summed E-state index contributed by atoms with van der Waals surface area (Å²) in [5.74, 6) is 0.220. The number of carbonyl (C=O) groups is 1. The third-order valence-corrected chi connectivity index (χ3v) is 2.61. The molecular weight excluding hydrogens is 260 g/mol. The molecule has 1 aromatic heterocycles. The number of halogens is 1. The number of alkyl halides is 1. The summed E-state index contributed by atoms with van der Waals surface area (Å²) >= 11 is 3.44. The highest BCUT2D eigenvalue weighted by Crippen LogP contribution is 2.10. The lowest BCUT2D eigenvalue weighted by molar-refractivity contribution is 0.0761. The number of hydrogen-bond acceptors (Lipinski definition) is 3. The SMILES string of the molecule is Cc1ncoc1C(=O)N(C)CCC(C)Br. The van der Waals surface area contributed by atoms with Crippen LogP contribution in [0.4, 0.5) is 0 Å². The van der Waals surface area contributed by atoms with Gasteiger partial charge in [-0.2, -0.15) is 0 Å². The highest BCUT2D eigenvalue weighted by atomic mass is 79.9. The predicted molar refractivity (Wildman–Crippen MR) is 61.2 cm³/mol. The van der Waals surface area contributed by atoms with Crippen LogP contribution in [-0.2, 0) is 0 Å². The summed E-state index contributed by atoms with van der Waals surface area (Å²) < 4.78 is 5.04. The summed E-state index contributed by atoms with van der Waals surface area (Å²) in [6.45, 7) is 4.51. The van der Waals surface area contributed by atoms with E-state index >= 15 is 0 Å². The molecule has 0 fully saturated rings. The number of aromatic nitrogens is 1. The van der Waals surface area contributed by atoms with Gasteiger partial charge in [0.2, 0.25) is 5.76 Å². The first-order valence-electron chi connectivity index (χ1n) is 4.82. The Bertz CT molecular complexity index is 336. The fraction of sp³-hybridized carbons (Fsp3) is 0.600. The van der Waals surface area contributed by atoms with Gasteiger partial charge in [0.1, 0.15) is 0 Å². The third kappa shape index (κ3) is 3.34. The standard InChI is InChI=1S/C10H15BrN2O2/c1-7(11)4-5-13(3)10(14)9-8(2)12-6-15-9/h6-7H,4-5H2,1-3H3. The van der Waals surface area contributed by atoms with Gasteiger partial charge in [-0.3, -0.25) is 4.79 Å². The van der Waals surface area contributed by atoms with Crippen molar-refractivity contribution >= 4 is 21.8 Å². The molecule has 5 heteroatoms. The van der Waals surface area contributed by atoms with E-state index in [0.717, 1.165) is 6.42 Å². The molecule has 4 nitrogen and oxygen atoms in total. The first kappa shape index (κ1) is 12.2. The van der Waals surface area contributed by atoms with Crippen LogP contribution in [0.1, 0.15) is 29.6 Å². The second-order valence-electron chi connectivity index (χ2n) is 3.56. The van der Waals surface area contributed by atoms with Crippen LogP contribution in [0.15, 0.2) is 10.8 Å². The molecule has 0 aliphatic carbocycles. The zero-order chi connectivity index (χ0) is 11.4. The van der Waals surface area contributed by atoms with E-state index < -0.39 is 0 Å². The molecule has 0 aromatic carbocycles. The molecule has 1 unspecified atom stereocenters. The largest absolute Gasteiger partial charge is 0.438 e. The van der Waals surface area contributed by atoms with Crippen molar-refractivity contribution in [2.24, 2.45) is 0 Å². The molecule has 0 aliphatic rings. The van der Waals surface area contributed by atoms with E-state index in [1.807, 2.05) is 0 Å². The first-order chi connectivity index (χ1) is 7.02. The van der Waals surface area contributed by atoms with Crippen molar-refractivity contribution in [3.8, 4) is 0 Å². The molecule has 1 rings (SSSR count). The predicted octanol–water partition coefficient (Wildman–Crippen LogP) is 2.23. The maximum absolute atomic E-state index is 11.8. The van der Waals surface area contributed by atoms with E-state index in [2.05, 4.69) is 27.8 Å². The lowest BCUT2D eigenvalue weighted by Gasteiger charge is -2.16. The van der Waals surface area contributed by atoms with E-state index in [9.17, 15) is 4.79 Å². The number of oxazole rings is 1. The normalized spacial score (nSPS) is 12.5. The molecule has 0 spiro atoms. The van der Waals surface area contributed by atoms with Gasteiger partial charge in [-0.15, -0.1) is 0 Å². The van der Waals surface area contributed by atoms with E-state index in [-0.39, 0.29) is 5.91 Å². The lowest BCUT2D eigenvalue weighted by atomic mass is 10.3. The van der Waals surface area contributed by atoms with Crippen LogP contribution in [0.3, 0.4) is 0 Å². The summed E-state index contributed by atoms with van der Waals surface area (Å²) in [5, 5.41) is 0. The summed E-state index contributed by atoms with van der Waals surface area (Å²) in [6, 6.07) is 0. The Morgan fingerprint density at radius 3 is 2.87 bits per heavy atom. The Labute approximate surface area is 97.8 Å². The third-order valence-electron chi connectivity index (χ3n) is 2.15. The van der Waals surface area contributed by atoms with Crippen molar-refractivity contribution in [3.63, 3.8) is 0 Å². The highest BCUT2D eigenvalue weighted by Gasteiger charge is 2.18. The Kier molecular flexibility index (Phi) is 4.32. The van der Waals surface area contributed by atoms with E-state index in [1.54, 1.807) is 18.9 Å². The van der Waals surface area contributed by atoms with Gasteiger partial charge in [0.05, 0.1) is 5.69 Å². The average Bonchev–Trinajstić information content (AvgIpc) is 2.59. The Morgan fingerprint density at radius 2 is 2.40 bits per heavy atom. The number of carbonyl (C=O) groups excluding carboxylic acids is 1. The maximum Gasteiger partial charge on any atom is 0.291 e. The quantitative estimate of drug-likeness (QED) is 0.791. The summed E-state index contributed by atoms with van der Waals surface area (Å²) in [6.07, 6.45) is 2.21. The zero-order valence-corrected chi connectivity index (χ0v) is 10.7. The van der Waals surface area contributed by atoms with Gasteiger partial charge in [-0.25, -0.2) is 4.98 Å². The highest BCUT2D eigenvalue weighted by molar-refractivity contribution is 9.09. The fourth-order valence-corrected chi connectivity index (χ4v) is 1.36. The van der Waals surface area contributed by atoms with Gasteiger partial charge in [0, 0.05) is 18.4 Å². The van der Waals surface area contributed by atoms with Crippen LogP contribution in [0.5, 0.6) is 0 Å². The van der Waals surface area contributed by atoms with Crippen LogP contribution in [-0.4, -0.2) is 34.2 Å². The van der Waals surface area contributed by atoms with Crippen molar-refractivity contribution in [1.82, 2.24) is 9.88 Å². The van der Waals surface area contributed by atoms with Crippen LogP contribution in [0.25, 0.3) is 0 Å². The van der Waals surface area contributed by atoms with Gasteiger partial charge in [0.25, 0.3) is 5.91 Å². The average molecular weight is 275 g/mol. The van der Waals surface area contributed by atoms with Gasteiger partial charge in [-0.1, -0.05) is 22.9 Å². The summed E-state index contributed by atoms with van der Waals surface area (Å²) in [4.78, 5) is 17.8. The van der Waals surface area contributed by atoms with E-state index in [1.165, 1.54) is 6.39 Å². The molecule has 0 saturated heterocycles. The summed E-state index contributed by atoms with van der Waals surface area (Å²) in [7, 11) is 1.76. The molecule has 0 saturated carbocycles. The van der Waals surface area contributed by atoms with Crippen molar-refractivity contribution in [2.75, 3.05) is 13.6 Å². The minimum absolute atomic E-state index is 0.113. The van der Waals surface area contributed by atoms with Gasteiger partial charge >= 0.3 is 0 Å². The van der Waals surface area contributed by atoms with Crippen molar-refractivity contribution in [3.05, 3.63) is 17.8 Å². The molecule has 84 valence electrons. The molecule has 15 heavy (non-hydrogen) atoms. The number of hydrogen-bond donors (Lipinski definition) is 0. The van der Waals surface area contributed by atoms with E-state index in [0.29, 0.717) is 22.8 Å². The van der Waals surface area contributed by atoms with Gasteiger partial charge in [-0.05, 0) is 13.3 Å². The lowest BCUT2D eigenvalue weighted by Crippen LogP contribution is -2.28. The smallest absolute Gasteiger partial charge is 0.291 e. The second-order valence-corrected chi connectivity index (χ2v) is 5.13. The molecule has 0 bridgehead atoms. The number of amides is 1. The fourth-order valence-electron chi connectivity index (χ4n) is 1.15. The monoisotopic (exact) mass is 274 g/mol. The van der Waals surface area contributed by atoms with Crippen LogP contribution in [0, 0.1) is 6.92 Å². The molecular formula is C10H15BrN2O2. The van der Waals surface area contributed by atoms with Crippen molar-refractivity contribution in [1.29, 1.82) is 0 Å². The van der Waals surface area contributed by atoms with Crippen LogP contribution < -0.4 is 0 Å². The molecule has 1 aromatic rings. The van der Waals surface area contributed by atoms with Crippen LogP contribution in [0.2, 0.25) is 0 Å². The molecule has 0 radical (unpaired) electrons. The van der Waals surface area contributed by atoms with E-state index in [4.69, 9.17) is 4.42 Å². The number of nitrogens with zero attached hydrogens (tertiary/aromatic N) is 2. The Morgan fingerprint density at radius 1 is 1.73 bits per heavy atom. The van der Waals surface area contributed by atoms with Crippen LogP contribution >= 0.6 is 15.9 Å². The maximum atomic E-state index is 11.8. The van der Waals surface area contributed by atoms with Crippen molar-refractivity contribution in [2.45, 2.75) is 25.1 Å². The number of rotatable bonds is 4. The summed E-state index contributed by atoms with van der Waals surface area (Å²) in [5.41, 5.74) is 0.638. The van der Waals surface area contributed by atoms with Gasteiger partial charge < -0.3 is 9.32 Å². The van der Waals surface area contributed by atoms with Crippen molar-refractivity contribution < 1.29 is 9.21 Å². The minimum Gasteiger partial charge on any atom is -0.438 e. The Hall–Kier alpha value is -0.840.